The van der Waals surface area contributed by atoms with Crippen molar-refractivity contribution in [3.05, 3.63) is 16.5 Å². The van der Waals surface area contributed by atoms with Crippen LogP contribution in [-0.4, -0.2) is 40.5 Å². The second kappa shape index (κ2) is 6.38. The molecule has 2 N–H and O–H groups in total. The minimum atomic E-state index is -0.931. The Kier molecular flexibility index (Phi) is 4.92. The number of amides is 2. The molecule has 0 aromatic carbocycles. The van der Waals surface area contributed by atoms with E-state index in [1.54, 1.807) is 18.7 Å². The van der Waals surface area contributed by atoms with Crippen LogP contribution in [0.2, 0.25) is 0 Å². The van der Waals surface area contributed by atoms with Crippen molar-refractivity contribution in [1.82, 2.24) is 4.90 Å². The van der Waals surface area contributed by atoms with Crippen molar-refractivity contribution in [1.29, 1.82) is 0 Å². The van der Waals surface area contributed by atoms with Crippen LogP contribution in [0.4, 0.5) is 5.00 Å². The largest absolute Gasteiger partial charge is 0.389 e. The lowest BCUT2D eigenvalue weighted by atomic mass is 10.1. The van der Waals surface area contributed by atoms with Gasteiger partial charge in [0.25, 0.3) is 5.91 Å². The summed E-state index contributed by atoms with van der Waals surface area (Å²) in [7, 11) is 0. The molecular weight excluding hydrogens is 300 g/mol. The van der Waals surface area contributed by atoms with Gasteiger partial charge in [-0.25, -0.2) is 0 Å². The smallest absolute Gasteiger partial charge is 0.264 e. The summed E-state index contributed by atoms with van der Waals surface area (Å²) >= 11 is 1.31. The van der Waals surface area contributed by atoms with Crippen molar-refractivity contribution < 1.29 is 14.7 Å². The van der Waals surface area contributed by atoms with Crippen LogP contribution in [0.25, 0.3) is 0 Å². The zero-order chi connectivity index (χ0) is 16.5. The Morgan fingerprint density at radius 3 is 2.59 bits per heavy atom. The number of anilines is 1. The molecule has 2 amide bonds. The number of nitrogens with one attached hydrogen (secondary N) is 1. The first kappa shape index (κ1) is 17.0. The molecule has 5 nitrogen and oxygen atoms in total. The summed E-state index contributed by atoms with van der Waals surface area (Å²) in [6, 6.07) is 1.84. The molecule has 0 atom stereocenters. The van der Waals surface area contributed by atoms with Gasteiger partial charge in [0.2, 0.25) is 5.91 Å². The third-order valence-corrected chi connectivity index (χ3v) is 4.69. The van der Waals surface area contributed by atoms with Gasteiger partial charge in [-0.05, 0) is 52.2 Å². The van der Waals surface area contributed by atoms with Gasteiger partial charge in [0.1, 0.15) is 0 Å². The minimum Gasteiger partial charge on any atom is -0.389 e. The first-order chi connectivity index (χ1) is 10.2. The van der Waals surface area contributed by atoms with Crippen molar-refractivity contribution in [2.75, 3.05) is 18.4 Å². The molecule has 0 spiro atoms. The second-order valence-electron chi connectivity index (χ2n) is 6.52. The predicted octanol–water partition coefficient (Wildman–Crippen LogP) is 2.64. The van der Waals surface area contributed by atoms with E-state index in [4.69, 9.17) is 0 Å². The van der Waals surface area contributed by atoms with Gasteiger partial charge in [-0.2, -0.15) is 0 Å². The fourth-order valence-corrected chi connectivity index (χ4v) is 3.31. The Morgan fingerprint density at radius 1 is 1.45 bits per heavy atom. The Balaban J connectivity index is 2.11. The number of carbonyl (C=O) groups is 2. The molecule has 6 heteroatoms. The summed E-state index contributed by atoms with van der Waals surface area (Å²) in [6.45, 7) is 7.95. The number of hydrogen-bond donors (Lipinski definition) is 2. The maximum atomic E-state index is 12.6. The van der Waals surface area contributed by atoms with E-state index < -0.39 is 5.60 Å². The zero-order valence-corrected chi connectivity index (χ0v) is 14.4. The molecule has 1 fully saturated rings. The second-order valence-corrected chi connectivity index (χ2v) is 7.57. The highest BCUT2D eigenvalue weighted by Crippen LogP contribution is 2.33. The van der Waals surface area contributed by atoms with Crippen molar-refractivity contribution in [3.63, 3.8) is 0 Å². The standard InChI is InChI=1S/C16H24N2O3S/c1-5-18(9-16(3,4)21)15(20)13-10(2)8-12(22-13)17-14(19)11-6-7-11/h8,11,21H,5-7,9H2,1-4H3,(H,17,19). The van der Waals surface area contributed by atoms with Crippen molar-refractivity contribution in [3.8, 4) is 0 Å². The third-order valence-electron chi connectivity index (χ3n) is 3.55. The fraction of sp³-hybridized carbons (Fsp3) is 0.625. The van der Waals surface area contributed by atoms with Gasteiger partial charge in [0, 0.05) is 19.0 Å². The monoisotopic (exact) mass is 324 g/mol. The molecule has 22 heavy (non-hydrogen) atoms. The number of nitrogens with zero attached hydrogens (tertiary/aromatic N) is 1. The van der Waals surface area contributed by atoms with Crippen molar-refractivity contribution in [2.45, 2.75) is 46.1 Å². The Hall–Kier alpha value is -1.40. The molecule has 1 aliphatic carbocycles. The Morgan fingerprint density at radius 2 is 2.09 bits per heavy atom. The van der Waals surface area contributed by atoms with Gasteiger partial charge in [-0.15, -0.1) is 11.3 Å². The molecule has 0 unspecified atom stereocenters. The van der Waals surface area contributed by atoms with Gasteiger partial charge < -0.3 is 15.3 Å². The summed E-state index contributed by atoms with van der Waals surface area (Å²) in [5, 5.41) is 13.5. The molecule has 1 aromatic rings. The highest BCUT2D eigenvalue weighted by molar-refractivity contribution is 7.18. The van der Waals surface area contributed by atoms with E-state index in [0.29, 0.717) is 11.4 Å². The first-order valence-corrected chi connectivity index (χ1v) is 8.46. The van der Waals surface area contributed by atoms with E-state index in [2.05, 4.69) is 5.32 Å². The van der Waals surface area contributed by atoms with Gasteiger partial charge >= 0.3 is 0 Å². The molecule has 2 rings (SSSR count). The zero-order valence-electron chi connectivity index (χ0n) is 13.6. The van der Waals surface area contributed by atoms with Crippen LogP contribution in [0.1, 0.15) is 48.8 Å². The van der Waals surface area contributed by atoms with E-state index in [1.165, 1.54) is 11.3 Å². The van der Waals surface area contributed by atoms with E-state index in [9.17, 15) is 14.7 Å². The molecule has 1 heterocycles. The van der Waals surface area contributed by atoms with Crippen molar-refractivity contribution in [2.24, 2.45) is 5.92 Å². The van der Waals surface area contributed by atoms with E-state index in [0.717, 1.165) is 23.4 Å². The van der Waals surface area contributed by atoms with Gasteiger partial charge in [-0.3, -0.25) is 9.59 Å². The number of likely N-dealkylation sites (N-methyl/N-ethyl adjacent to an activating group) is 1. The number of rotatable bonds is 6. The topological polar surface area (TPSA) is 69.6 Å². The fourth-order valence-electron chi connectivity index (χ4n) is 2.26. The number of carbonyl (C=O) groups excluding carboxylic acids is 2. The maximum Gasteiger partial charge on any atom is 0.264 e. The van der Waals surface area contributed by atoms with Crippen molar-refractivity contribution >= 4 is 28.2 Å². The van der Waals surface area contributed by atoms with Crippen LogP contribution in [0.5, 0.6) is 0 Å². The summed E-state index contributed by atoms with van der Waals surface area (Å²) in [5.74, 6) is 0.0898. The van der Waals surface area contributed by atoms with Crippen LogP contribution in [0.3, 0.4) is 0 Å². The molecule has 0 bridgehead atoms. The van der Waals surface area contributed by atoms with E-state index >= 15 is 0 Å². The quantitative estimate of drug-likeness (QED) is 0.845. The molecule has 0 radical (unpaired) electrons. The summed E-state index contributed by atoms with van der Waals surface area (Å²) in [4.78, 5) is 26.7. The first-order valence-electron chi connectivity index (χ1n) is 7.64. The Labute approximate surface area is 135 Å². The van der Waals surface area contributed by atoms with Gasteiger partial charge in [0.15, 0.2) is 0 Å². The lowest BCUT2D eigenvalue weighted by Gasteiger charge is -2.27. The van der Waals surface area contributed by atoms with Gasteiger partial charge in [-0.1, -0.05) is 0 Å². The van der Waals surface area contributed by atoms with Crippen LogP contribution >= 0.6 is 11.3 Å². The van der Waals surface area contributed by atoms with Crippen LogP contribution in [-0.2, 0) is 4.79 Å². The molecule has 1 saturated carbocycles. The van der Waals surface area contributed by atoms with E-state index in [-0.39, 0.29) is 24.3 Å². The average molecular weight is 324 g/mol. The molecule has 122 valence electrons. The average Bonchev–Trinajstić information content (AvgIpc) is 3.19. The van der Waals surface area contributed by atoms with E-state index in [1.807, 2.05) is 19.9 Å². The Bertz CT molecular complexity index is 570. The molecule has 0 saturated heterocycles. The predicted molar refractivity (Wildman–Crippen MR) is 88.3 cm³/mol. The SMILES string of the molecule is CCN(CC(C)(C)O)C(=O)c1sc(NC(=O)C2CC2)cc1C. The highest BCUT2D eigenvalue weighted by Gasteiger charge is 2.30. The lowest BCUT2D eigenvalue weighted by Crippen LogP contribution is -2.42. The third kappa shape index (κ3) is 4.30. The number of aliphatic hydroxyl groups is 1. The molecule has 1 aliphatic rings. The van der Waals surface area contributed by atoms with Crippen LogP contribution < -0.4 is 5.32 Å². The molecule has 0 aliphatic heterocycles. The summed E-state index contributed by atoms with van der Waals surface area (Å²) in [5.41, 5.74) is -0.0739. The molecule has 1 aromatic heterocycles. The molecular formula is C16H24N2O3S. The summed E-state index contributed by atoms with van der Waals surface area (Å²) < 4.78 is 0. The number of hydrogen-bond acceptors (Lipinski definition) is 4. The maximum absolute atomic E-state index is 12.6. The minimum absolute atomic E-state index is 0.0455. The normalized spacial score (nSPS) is 14.8. The number of thiophene rings is 1. The van der Waals surface area contributed by atoms with Gasteiger partial charge in [0.05, 0.1) is 15.5 Å². The van der Waals surface area contributed by atoms with Crippen LogP contribution in [0.15, 0.2) is 6.07 Å². The number of aryl methyl sites for hydroxylation is 1. The highest BCUT2D eigenvalue weighted by atomic mass is 32.1. The van der Waals surface area contributed by atoms with Crippen LogP contribution in [0, 0.1) is 12.8 Å². The lowest BCUT2D eigenvalue weighted by molar-refractivity contribution is -0.117. The summed E-state index contributed by atoms with van der Waals surface area (Å²) in [6.07, 6.45) is 1.91.